The Morgan fingerprint density at radius 1 is 1.19 bits per heavy atom. The van der Waals surface area contributed by atoms with Gasteiger partial charge in [-0.05, 0) is 42.7 Å². The van der Waals surface area contributed by atoms with Gasteiger partial charge in [0.1, 0.15) is 17.7 Å². The van der Waals surface area contributed by atoms with Crippen molar-refractivity contribution < 1.29 is 8.42 Å². The van der Waals surface area contributed by atoms with Gasteiger partial charge in [0.05, 0.1) is 21.3 Å². The van der Waals surface area contributed by atoms with Crippen molar-refractivity contribution in [2.75, 3.05) is 16.2 Å². The van der Waals surface area contributed by atoms with Crippen LogP contribution in [0.15, 0.2) is 59.1 Å². The van der Waals surface area contributed by atoms with Crippen LogP contribution in [-0.4, -0.2) is 15.0 Å². The molecule has 1 aliphatic rings. The molecular weight excluding hydrogens is 384 g/mol. The maximum atomic E-state index is 13.2. The number of benzene rings is 2. The van der Waals surface area contributed by atoms with Crippen LogP contribution in [0.1, 0.15) is 12.0 Å². The van der Waals surface area contributed by atoms with Gasteiger partial charge in [0.15, 0.2) is 0 Å². The Bertz CT molecular complexity index is 1080. The zero-order valence-corrected chi connectivity index (χ0v) is 15.8. The smallest absolute Gasteiger partial charge is 0.264 e. The summed E-state index contributed by atoms with van der Waals surface area (Å²) < 4.78 is 27.8. The molecule has 27 heavy (non-hydrogen) atoms. The van der Waals surface area contributed by atoms with Crippen LogP contribution >= 0.6 is 11.6 Å². The molecule has 0 radical (unpaired) electrons. The number of anilines is 2. The van der Waals surface area contributed by atoms with Crippen LogP contribution in [0.25, 0.3) is 0 Å². The fourth-order valence-corrected chi connectivity index (χ4v) is 4.63. The lowest BCUT2D eigenvalue weighted by Gasteiger charge is -2.30. The van der Waals surface area contributed by atoms with Crippen LogP contribution in [0, 0.1) is 22.7 Å². The molecule has 0 fully saturated rings. The Morgan fingerprint density at radius 3 is 2.67 bits per heavy atom. The van der Waals surface area contributed by atoms with Gasteiger partial charge in [0, 0.05) is 12.7 Å². The van der Waals surface area contributed by atoms with E-state index >= 15 is 0 Å². The number of nitrogens with zero attached hydrogens (tertiary/aromatic N) is 3. The number of nitriles is 2. The number of para-hydroxylation sites is 1. The van der Waals surface area contributed by atoms with Gasteiger partial charge in [0.25, 0.3) is 10.0 Å². The van der Waals surface area contributed by atoms with E-state index in [0.717, 1.165) is 18.4 Å². The number of sulfonamides is 1. The number of aryl methyl sites for hydroxylation is 1. The summed E-state index contributed by atoms with van der Waals surface area (Å²) in [5.74, 6) is 0. The molecule has 1 aliphatic heterocycles. The second-order valence-corrected chi connectivity index (χ2v) is 8.15. The third kappa shape index (κ3) is 3.75. The van der Waals surface area contributed by atoms with E-state index in [4.69, 9.17) is 22.1 Å². The first-order valence-electron chi connectivity index (χ1n) is 8.14. The fourth-order valence-electron chi connectivity index (χ4n) is 2.89. The predicted octanol–water partition coefficient (Wildman–Crippen LogP) is 3.82. The summed E-state index contributed by atoms with van der Waals surface area (Å²) in [6, 6.07) is 15.2. The molecule has 0 aromatic heterocycles. The molecule has 0 amide bonds. The fraction of sp³-hybridized carbons (Fsp3) is 0.158. The third-order valence-electron chi connectivity index (χ3n) is 4.21. The van der Waals surface area contributed by atoms with Crippen molar-refractivity contribution in [1.29, 1.82) is 10.5 Å². The van der Waals surface area contributed by atoms with Crippen LogP contribution < -0.4 is 9.62 Å². The molecule has 0 bridgehead atoms. The number of rotatable bonds is 4. The van der Waals surface area contributed by atoms with Crippen LogP contribution in [0.3, 0.4) is 0 Å². The number of fused-ring (bicyclic) bond motifs is 1. The molecule has 0 aliphatic carbocycles. The lowest BCUT2D eigenvalue weighted by atomic mass is 10.0. The van der Waals surface area contributed by atoms with Gasteiger partial charge in [-0.15, -0.1) is 0 Å². The summed E-state index contributed by atoms with van der Waals surface area (Å²) in [5, 5.41) is 20.6. The molecule has 2 aromatic rings. The minimum absolute atomic E-state index is 0.0787. The number of hydrogen-bond donors (Lipinski definition) is 1. The molecule has 6 nitrogen and oxygen atoms in total. The largest absolute Gasteiger partial charge is 0.359 e. The van der Waals surface area contributed by atoms with E-state index in [1.807, 2.05) is 18.2 Å². The summed E-state index contributed by atoms with van der Waals surface area (Å²) in [4.78, 5) is 0.0787. The van der Waals surface area contributed by atoms with E-state index < -0.39 is 10.0 Å². The normalized spacial score (nSPS) is 13.1. The highest BCUT2D eigenvalue weighted by Gasteiger charge is 2.29. The molecular formula is C19H15ClN4O2S. The maximum absolute atomic E-state index is 13.2. The lowest BCUT2D eigenvalue weighted by molar-refractivity contribution is 0.586. The molecule has 0 atom stereocenters. The van der Waals surface area contributed by atoms with Crippen LogP contribution in [0.2, 0.25) is 5.02 Å². The topological polar surface area (TPSA) is 97.0 Å². The Morgan fingerprint density at radius 2 is 1.93 bits per heavy atom. The monoisotopic (exact) mass is 398 g/mol. The molecule has 0 saturated carbocycles. The van der Waals surface area contributed by atoms with E-state index in [1.165, 1.54) is 28.7 Å². The van der Waals surface area contributed by atoms with Crippen molar-refractivity contribution in [3.05, 3.63) is 64.8 Å². The SMILES string of the molecule is N#CC(C#N)=CNc1cc(S(=O)(=O)N2CCCc3ccccc32)ccc1Cl. The first kappa shape index (κ1) is 18.8. The minimum atomic E-state index is -3.78. The third-order valence-corrected chi connectivity index (χ3v) is 6.35. The van der Waals surface area contributed by atoms with Gasteiger partial charge >= 0.3 is 0 Å². The summed E-state index contributed by atoms with van der Waals surface area (Å²) in [6.45, 7) is 0.400. The first-order chi connectivity index (χ1) is 13.0. The predicted molar refractivity (Wildman–Crippen MR) is 104 cm³/mol. The van der Waals surface area contributed by atoms with Gasteiger partial charge in [-0.25, -0.2) is 8.42 Å². The van der Waals surface area contributed by atoms with Crippen molar-refractivity contribution in [1.82, 2.24) is 0 Å². The molecule has 0 spiro atoms. The Kier molecular flexibility index (Phi) is 5.36. The van der Waals surface area contributed by atoms with Crippen LogP contribution in [0.4, 0.5) is 11.4 Å². The second kappa shape index (κ2) is 7.71. The highest BCUT2D eigenvalue weighted by molar-refractivity contribution is 7.92. The van der Waals surface area contributed by atoms with Crippen LogP contribution in [0.5, 0.6) is 0 Å². The molecule has 0 unspecified atom stereocenters. The summed E-state index contributed by atoms with van der Waals surface area (Å²) in [7, 11) is -3.78. The van der Waals surface area contributed by atoms with Crippen molar-refractivity contribution in [3.63, 3.8) is 0 Å². The zero-order chi connectivity index (χ0) is 19.4. The first-order valence-corrected chi connectivity index (χ1v) is 9.96. The van der Waals surface area contributed by atoms with Gasteiger partial charge in [0.2, 0.25) is 0 Å². The van der Waals surface area contributed by atoms with E-state index in [9.17, 15) is 8.42 Å². The van der Waals surface area contributed by atoms with E-state index in [0.29, 0.717) is 17.9 Å². The van der Waals surface area contributed by atoms with Gasteiger partial charge in [-0.3, -0.25) is 4.31 Å². The Labute approximate surface area is 163 Å². The molecule has 3 rings (SSSR count). The number of halogens is 1. The lowest BCUT2D eigenvalue weighted by Crippen LogP contribution is -2.35. The minimum Gasteiger partial charge on any atom is -0.359 e. The summed E-state index contributed by atoms with van der Waals surface area (Å²) >= 11 is 6.12. The second-order valence-electron chi connectivity index (χ2n) is 5.88. The van der Waals surface area contributed by atoms with Crippen LogP contribution in [-0.2, 0) is 16.4 Å². The maximum Gasteiger partial charge on any atom is 0.264 e. The van der Waals surface area contributed by atoms with Gasteiger partial charge < -0.3 is 5.32 Å². The average molecular weight is 399 g/mol. The van der Waals surface area contributed by atoms with E-state index in [2.05, 4.69) is 5.32 Å². The molecule has 0 saturated heterocycles. The number of allylic oxidation sites excluding steroid dienone is 1. The number of nitrogens with one attached hydrogen (secondary N) is 1. The number of hydrogen-bond acceptors (Lipinski definition) is 5. The van der Waals surface area contributed by atoms with Crippen molar-refractivity contribution in [3.8, 4) is 12.1 Å². The standard InChI is InChI=1S/C19H15ClN4O2S/c20-17-8-7-16(10-18(17)23-13-14(11-21)12-22)27(25,26)24-9-3-5-15-4-1-2-6-19(15)24/h1-2,4,6-8,10,13,23H,3,5,9H2. The molecule has 1 heterocycles. The summed E-state index contributed by atoms with van der Waals surface area (Å²) in [6.07, 6.45) is 2.77. The molecule has 136 valence electrons. The van der Waals surface area contributed by atoms with Crippen molar-refractivity contribution >= 4 is 33.0 Å². The highest BCUT2D eigenvalue weighted by atomic mass is 35.5. The zero-order valence-electron chi connectivity index (χ0n) is 14.2. The Hall–Kier alpha value is -3.00. The Balaban J connectivity index is 2.00. The quantitative estimate of drug-likeness (QED) is 0.789. The van der Waals surface area contributed by atoms with Gasteiger partial charge in [-0.2, -0.15) is 10.5 Å². The molecule has 2 aromatic carbocycles. The molecule has 8 heteroatoms. The summed E-state index contributed by atoms with van der Waals surface area (Å²) in [5.41, 5.74) is 1.83. The van der Waals surface area contributed by atoms with E-state index in [1.54, 1.807) is 18.2 Å². The van der Waals surface area contributed by atoms with Gasteiger partial charge in [-0.1, -0.05) is 29.8 Å². The highest BCUT2D eigenvalue weighted by Crippen LogP contribution is 2.33. The average Bonchev–Trinajstić information content (AvgIpc) is 2.69. The van der Waals surface area contributed by atoms with E-state index in [-0.39, 0.29) is 15.5 Å². The van der Waals surface area contributed by atoms with Crippen molar-refractivity contribution in [2.45, 2.75) is 17.7 Å². The van der Waals surface area contributed by atoms with Crippen molar-refractivity contribution in [2.24, 2.45) is 0 Å². The molecule has 1 N–H and O–H groups in total.